The lowest BCUT2D eigenvalue weighted by molar-refractivity contribution is -0.156. The molecule has 262 valence electrons. The largest absolute Gasteiger partial charge is 0.464 e. The number of aliphatic hydroxyl groups excluding tert-OH is 2. The standard InChI is InChI=1S/C37H73NO6/c1-4-7-9-11-13-15-17-19-21-23-25-27-30-43-36(41)34(39)32-38(29-6-3)33-35(40)37(42)44-31-28-26-24-22-20-18-16-14-12-10-8-5-2/h34-35,39-40H,4-33H2,1-3H3. The van der Waals surface area contributed by atoms with E-state index in [1.165, 1.54) is 116 Å². The summed E-state index contributed by atoms with van der Waals surface area (Å²) in [6.07, 6.45) is 27.9. The Bertz CT molecular complexity index is 581. The van der Waals surface area contributed by atoms with Gasteiger partial charge in [0, 0.05) is 13.1 Å². The molecule has 0 aromatic rings. The lowest BCUT2D eigenvalue weighted by Crippen LogP contribution is -2.44. The Morgan fingerprint density at radius 2 is 0.727 bits per heavy atom. The van der Waals surface area contributed by atoms with Crippen molar-refractivity contribution >= 4 is 11.9 Å². The van der Waals surface area contributed by atoms with E-state index in [0.29, 0.717) is 19.8 Å². The molecule has 0 heterocycles. The molecule has 0 amide bonds. The van der Waals surface area contributed by atoms with Crippen molar-refractivity contribution in [1.82, 2.24) is 4.90 Å². The van der Waals surface area contributed by atoms with E-state index in [1.807, 2.05) is 6.92 Å². The van der Waals surface area contributed by atoms with E-state index in [-0.39, 0.29) is 13.1 Å². The molecule has 7 nitrogen and oxygen atoms in total. The predicted octanol–water partition coefficient (Wildman–Crippen LogP) is 8.91. The van der Waals surface area contributed by atoms with Gasteiger partial charge in [-0.25, -0.2) is 9.59 Å². The topological polar surface area (TPSA) is 96.3 Å². The highest BCUT2D eigenvalue weighted by molar-refractivity contribution is 5.75. The molecule has 0 aliphatic carbocycles. The average molecular weight is 628 g/mol. The Hall–Kier alpha value is -1.18. The predicted molar refractivity (Wildman–Crippen MR) is 183 cm³/mol. The molecule has 44 heavy (non-hydrogen) atoms. The molecule has 2 unspecified atom stereocenters. The van der Waals surface area contributed by atoms with Crippen molar-refractivity contribution in [1.29, 1.82) is 0 Å². The molecule has 0 aromatic carbocycles. The molecule has 2 atom stereocenters. The Morgan fingerprint density at radius 3 is 1.00 bits per heavy atom. The van der Waals surface area contributed by atoms with Crippen LogP contribution in [0.2, 0.25) is 0 Å². The molecule has 0 aliphatic rings. The van der Waals surface area contributed by atoms with Gasteiger partial charge in [0.2, 0.25) is 0 Å². The third-order valence-electron chi connectivity index (χ3n) is 8.43. The van der Waals surface area contributed by atoms with Crippen LogP contribution >= 0.6 is 0 Å². The fraction of sp³-hybridized carbons (Fsp3) is 0.946. The third-order valence-corrected chi connectivity index (χ3v) is 8.43. The number of unbranched alkanes of at least 4 members (excludes halogenated alkanes) is 22. The van der Waals surface area contributed by atoms with Crippen molar-refractivity contribution in [3.05, 3.63) is 0 Å². The summed E-state index contributed by atoms with van der Waals surface area (Å²) < 4.78 is 10.6. The summed E-state index contributed by atoms with van der Waals surface area (Å²) in [5, 5.41) is 20.8. The minimum atomic E-state index is -1.30. The van der Waals surface area contributed by atoms with Crippen molar-refractivity contribution in [3.8, 4) is 0 Å². The Morgan fingerprint density at radius 1 is 0.455 bits per heavy atom. The summed E-state index contributed by atoms with van der Waals surface area (Å²) in [5.74, 6) is -1.28. The van der Waals surface area contributed by atoms with Crippen LogP contribution in [0.5, 0.6) is 0 Å². The van der Waals surface area contributed by atoms with Crippen molar-refractivity contribution in [2.24, 2.45) is 0 Å². The Balaban J connectivity index is 3.89. The first-order valence-electron chi connectivity index (χ1n) is 18.9. The number of carbonyl (C=O) groups excluding carboxylic acids is 2. The highest BCUT2D eigenvalue weighted by Crippen LogP contribution is 2.13. The number of aliphatic hydroxyl groups is 2. The van der Waals surface area contributed by atoms with Gasteiger partial charge in [-0.1, -0.05) is 162 Å². The summed E-state index contributed by atoms with van der Waals surface area (Å²) in [7, 11) is 0. The monoisotopic (exact) mass is 628 g/mol. The summed E-state index contributed by atoms with van der Waals surface area (Å²) in [4.78, 5) is 26.3. The highest BCUT2D eigenvalue weighted by atomic mass is 16.6. The first-order valence-corrected chi connectivity index (χ1v) is 18.9. The number of carbonyl (C=O) groups is 2. The van der Waals surface area contributed by atoms with Crippen LogP contribution in [0, 0.1) is 0 Å². The summed E-state index contributed by atoms with van der Waals surface area (Å²) in [5.41, 5.74) is 0. The normalized spacial score (nSPS) is 12.9. The molecule has 0 fully saturated rings. The van der Waals surface area contributed by atoms with Crippen LogP contribution in [0.1, 0.15) is 181 Å². The molecule has 0 radical (unpaired) electrons. The van der Waals surface area contributed by atoms with Crippen LogP contribution in [0.25, 0.3) is 0 Å². The van der Waals surface area contributed by atoms with Gasteiger partial charge in [0.1, 0.15) is 0 Å². The minimum Gasteiger partial charge on any atom is -0.464 e. The molecule has 0 bridgehead atoms. The zero-order chi connectivity index (χ0) is 32.5. The molecule has 0 saturated heterocycles. The number of ether oxygens (including phenoxy) is 2. The van der Waals surface area contributed by atoms with Gasteiger partial charge in [-0.05, 0) is 25.8 Å². The number of nitrogens with zero attached hydrogens (tertiary/aromatic N) is 1. The smallest absolute Gasteiger partial charge is 0.336 e. The second-order valence-electron chi connectivity index (χ2n) is 12.9. The fourth-order valence-corrected chi connectivity index (χ4v) is 5.64. The zero-order valence-electron chi connectivity index (χ0n) is 29.3. The molecule has 2 N–H and O–H groups in total. The molecule has 0 rings (SSSR count). The zero-order valence-corrected chi connectivity index (χ0v) is 29.3. The van der Waals surface area contributed by atoms with E-state index >= 15 is 0 Å². The van der Waals surface area contributed by atoms with E-state index in [1.54, 1.807) is 4.90 Å². The number of hydrogen-bond donors (Lipinski definition) is 2. The maximum absolute atomic E-state index is 12.3. The van der Waals surface area contributed by atoms with E-state index in [4.69, 9.17) is 9.47 Å². The highest BCUT2D eigenvalue weighted by Gasteiger charge is 2.25. The van der Waals surface area contributed by atoms with Crippen LogP contribution in [0.4, 0.5) is 0 Å². The summed E-state index contributed by atoms with van der Waals surface area (Å²) >= 11 is 0. The first-order chi connectivity index (χ1) is 21.5. The summed E-state index contributed by atoms with van der Waals surface area (Å²) in [6, 6.07) is 0. The molecule has 0 spiro atoms. The fourth-order valence-electron chi connectivity index (χ4n) is 5.64. The van der Waals surface area contributed by atoms with Crippen molar-refractivity contribution in [2.45, 2.75) is 193 Å². The van der Waals surface area contributed by atoms with Gasteiger partial charge in [-0.15, -0.1) is 0 Å². The Labute approximate surface area is 272 Å². The van der Waals surface area contributed by atoms with Gasteiger partial charge < -0.3 is 19.7 Å². The van der Waals surface area contributed by atoms with Crippen molar-refractivity contribution in [3.63, 3.8) is 0 Å². The SMILES string of the molecule is CCCCCCCCCCCCCCOC(=O)C(O)CN(CCC)CC(O)C(=O)OCCCCCCCCCCCCCC. The first kappa shape index (κ1) is 42.8. The van der Waals surface area contributed by atoms with Crippen LogP contribution < -0.4 is 0 Å². The van der Waals surface area contributed by atoms with Crippen LogP contribution in [0.3, 0.4) is 0 Å². The van der Waals surface area contributed by atoms with Crippen molar-refractivity contribution < 1.29 is 29.3 Å². The van der Waals surface area contributed by atoms with E-state index in [9.17, 15) is 19.8 Å². The molecule has 0 aliphatic heterocycles. The molecule has 0 aromatic heterocycles. The third kappa shape index (κ3) is 28.3. The van der Waals surface area contributed by atoms with Crippen molar-refractivity contribution in [2.75, 3.05) is 32.8 Å². The van der Waals surface area contributed by atoms with Crippen LogP contribution in [-0.2, 0) is 19.1 Å². The van der Waals surface area contributed by atoms with Gasteiger partial charge in [-0.2, -0.15) is 0 Å². The van der Waals surface area contributed by atoms with Gasteiger partial charge in [0.15, 0.2) is 12.2 Å². The van der Waals surface area contributed by atoms with Gasteiger partial charge >= 0.3 is 11.9 Å². The molecular formula is C37H73NO6. The lowest BCUT2D eigenvalue weighted by Gasteiger charge is -2.25. The molecular weight excluding hydrogens is 554 g/mol. The van der Waals surface area contributed by atoms with Gasteiger partial charge in [0.25, 0.3) is 0 Å². The lowest BCUT2D eigenvalue weighted by atomic mass is 10.1. The maximum Gasteiger partial charge on any atom is 0.336 e. The number of esters is 2. The quantitative estimate of drug-likeness (QED) is 0.0543. The van der Waals surface area contributed by atoms with Gasteiger partial charge in [0.05, 0.1) is 13.2 Å². The van der Waals surface area contributed by atoms with E-state index in [2.05, 4.69) is 13.8 Å². The van der Waals surface area contributed by atoms with Gasteiger partial charge in [-0.3, -0.25) is 4.90 Å². The van der Waals surface area contributed by atoms with E-state index < -0.39 is 24.1 Å². The van der Waals surface area contributed by atoms with Crippen LogP contribution in [-0.4, -0.2) is 72.1 Å². The summed E-state index contributed by atoms with van der Waals surface area (Å²) in [6.45, 7) is 7.70. The van der Waals surface area contributed by atoms with E-state index in [0.717, 1.165) is 44.9 Å². The molecule has 0 saturated carbocycles. The van der Waals surface area contributed by atoms with Crippen LogP contribution in [0.15, 0.2) is 0 Å². The molecule has 7 heteroatoms. The minimum absolute atomic E-state index is 0.0220. The second kappa shape index (κ2) is 33.2. The Kier molecular flexibility index (Phi) is 32.3. The maximum atomic E-state index is 12.3. The number of rotatable bonds is 34. The number of hydrogen-bond acceptors (Lipinski definition) is 7. The average Bonchev–Trinajstić information content (AvgIpc) is 3.01. The second-order valence-corrected chi connectivity index (χ2v) is 12.9.